The quantitative estimate of drug-likeness (QED) is 0.169. The van der Waals surface area contributed by atoms with E-state index in [1.54, 1.807) is 0 Å². The SMILES string of the molecule is C1=C(C2=CC=C(N(c3ccccc3)c3ccc4ccccc4c3)C3OC23)CCC(N(c2ccccc2)c2ccc3ccccc3c2)=C1. The number of hydrogen-bond donors (Lipinski definition) is 0. The summed E-state index contributed by atoms with van der Waals surface area (Å²) in [6.07, 6.45) is 11.2. The summed E-state index contributed by atoms with van der Waals surface area (Å²) in [4.78, 5) is 4.77. The van der Waals surface area contributed by atoms with Gasteiger partial charge < -0.3 is 14.5 Å². The molecule has 6 aromatic carbocycles. The van der Waals surface area contributed by atoms with Gasteiger partial charge in [0.15, 0.2) is 0 Å². The van der Waals surface area contributed by atoms with Gasteiger partial charge in [0.05, 0.1) is 5.70 Å². The zero-order chi connectivity index (χ0) is 31.2. The van der Waals surface area contributed by atoms with Crippen molar-refractivity contribution in [1.82, 2.24) is 0 Å². The first-order chi connectivity index (χ1) is 23.3. The monoisotopic (exact) mass is 606 g/mol. The lowest BCUT2D eigenvalue weighted by Gasteiger charge is -2.31. The van der Waals surface area contributed by atoms with E-state index < -0.39 is 0 Å². The van der Waals surface area contributed by atoms with Crippen LogP contribution in [0.1, 0.15) is 12.8 Å². The Morgan fingerprint density at radius 2 is 0.979 bits per heavy atom. The van der Waals surface area contributed by atoms with E-state index in [4.69, 9.17) is 4.74 Å². The number of epoxide rings is 1. The Morgan fingerprint density at radius 3 is 1.57 bits per heavy atom. The summed E-state index contributed by atoms with van der Waals surface area (Å²) < 4.78 is 6.47. The molecule has 6 aromatic rings. The zero-order valence-electron chi connectivity index (χ0n) is 26.0. The summed E-state index contributed by atoms with van der Waals surface area (Å²) in [6, 6.07) is 51.9. The summed E-state index contributed by atoms with van der Waals surface area (Å²) in [5.41, 5.74) is 9.78. The molecule has 0 aromatic heterocycles. The Morgan fingerprint density at radius 1 is 0.426 bits per heavy atom. The van der Waals surface area contributed by atoms with E-state index >= 15 is 0 Å². The molecular weight excluding hydrogens is 572 g/mol. The van der Waals surface area contributed by atoms with E-state index in [9.17, 15) is 0 Å². The molecule has 2 atom stereocenters. The van der Waals surface area contributed by atoms with E-state index in [-0.39, 0.29) is 12.2 Å². The molecule has 1 aliphatic heterocycles. The van der Waals surface area contributed by atoms with Gasteiger partial charge in [-0.3, -0.25) is 0 Å². The van der Waals surface area contributed by atoms with Crippen LogP contribution in [0.2, 0.25) is 0 Å². The Balaban J connectivity index is 1.06. The van der Waals surface area contributed by atoms with E-state index in [2.05, 4.69) is 180 Å². The molecular formula is C44H34N2O. The van der Waals surface area contributed by atoms with Gasteiger partial charge >= 0.3 is 0 Å². The predicted molar refractivity (Wildman–Crippen MR) is 195 cm³/mol. The summed E-state index contributed by atoms with van der Waals surface area (Å²) >= 11 is 0. The first-order valence-corrected chi connectivity index (χ1v) is 16.5. The molecule has 1 fully saturated rings. The summed E-state index contributed by atoms with van der Waals surface area (Å²) in [7, 11) is 0. The maximum absolute atomic E-state index is 6.47. The first-order valence-electron chi connectivity index (χ1n) is 16.5. The summed E-state index contributed by atoms with van der Waals surface area (Å²) in [5.74, 6) is 0. The normalized spacial score (nSPS) is 18.5. The van der Waals surface area contributed by atoms with Crippen LogP contribution < -0.4 is 9.80 Å². The Hall–Kier alpha value is -5.64. The van der Waals surface area contributed by atoms with Crippen molar-refractivity contribution in [2.45, 2.75) is 25.0 Å². The predicted octanol–water partition coefficient (Wildman–Crippen LogP) is 11.2. The molecule has 9 rings (SSSR count). The molecule has 0 amide bonds. The number of anilines is 4. The lowest BCUT2D eigenvalue weighted by atomic mass is 9.89. The average molecular weight is 607 g/mol. The number of nitrogens with zero attached hydrogens (tertiary/aromatic N) is 2. The van der Waals surface area contributed by atoms with Crippen LogP contribution in [-0.4, -0.2) is 12.2 Å². The fourth-order valence-electron chi connectivity index (χ4n) is 7.20. The lowest BCUT2D eigenvalue weighted by molar-refractivity contribution is 0.402. The number of allylic oxidation sites excluding steroid dienone is 5. The molecule has 1 heterocycles. The number of fused-ring (bicyclic) bond motifs is 3. The van der Waals surface area contributed by atoms with Crippen LogP contribution in [0.3, 0.4) is 0 Å². The molecule has 2 aliphatic carbocycles. The average Bonchev–Trinajstić information content (AvgIpc) is 3.95. The minimum atomic E-state index is 0.0337. The maximum Gasteiger partial charge on any atom is 0.129 e. The van der Waals surface area contributed by atoms with Crippen LogP contribution >= 0.6 is 0 Å². The highest BCUT2D eigenvalue weighted by atomic mass is 16.6. The maximum atomic E-state index is 6.47. The second-order valence-corrected chi connectivity index (χ2v) is 12.4. The number of benzene rings is 6. The minimum absolute atomic E-state index is 0.0337. The van der Waals surface area contributed by atoms with Crippen LogP contribution in [0.25, 0.3) is 21.5 Å². The fourth-order valence-corrected chi connectivity index (χ4v) is 7.20. The highest BCUT2D eigenvalue weighted by molar-refractivity contribution is 5.89. The van der Waals surface area contributed by atoms with E-state index in [1.165, 1.54) is 55.5 Å². The standard InChI is InChI=1S/C44H34N2O/c1-3-15-36(16-4-1)45(39-25-19-31-11-7-9-13-34(31)29-39)38-23-21-33(22-24-38)41-27-28-42(44-43(41)47-44)46(37-17-5-2-6-18-37)40-26-20-32-12-8-10-14-35(32)30-40/h1-21,23,25-30,43-44H,22,24H2. The molecule has 3 aliphatic rings. The third-order valence-corrected chi connectivity index (χ3v) is 9.58. The molecule has 0 bridgehead atoms. The molecule has 0 radical (unpaired) electrons. The van der Waals surface area contributed by atoms with Crippen molar-refractivity contribution < 1.29 is 4.74 Å². The van der Waals surface area contributed by atoms with Crippen molar-refractivity contribution in [2.24, 2.45) is 0 Å². The smallest absolute Gasteiger partial charge is 0.129 e. The van der Waals surface area contributed by atoms with Crippen molar-refractivity contribution in [2.75, 3.05) is 9.80 Å². The van der Waals surface area contributed by atoms with Gasteiger partial charge in [0.25, 0.3) is 0 Å². The molecule has 3 heteroatoms. The molecule has 0 N–H and O–H groups in total. The molecule has 226 valence electrons. The second kappa shape index (κ2) is 11.6. The van der Waals surface area contributed by atoms with Crippen LogP contribution in [0.15, 0.2) is 192 Å². The molecule has 0 spiro atoms. The summed E-state index contributed by atoms with van der Waals surface area (Å²) in [5, 5.41) is 4.98. The molecule has 3 nitrogen and oxygen atoms in total. The molecule has 2 unspecified atom stereocenters. The van der Waals surface area contributed by atoms with Crippen LogP contribution in [0.5, 0.6) is 0 Å². The van der Waals surface area contributed by atoms with Crippen LogP contribution in [0.4, 0.5) is 22.7 Å². The van der Waals surface area contributed by atoms with E-state index in [0.29, 0.717) is 0 Å². The van der Waals surface area contributed by atoms with Crippen molar-refractivity contribution in [1.29, 1.82) is 0 Å². The van der Waals surface area contributed by atoms with Gasteiger partial charge in [0, 0.05) is 28.4 Å². The Bertz CT molecular complexity index is 2250. The second-order valence-electron chi connectivity index (χ2n) is 12.4. The van der Waals surface area contributed by atoms with Gasteiger partial charge in [-0.15, -0.1) is 0 Å². The van der Waals surface area contributed by atoms with Gasteiger partial charge in [0.2, 0.25) is 0 Å². The van der Waals surface area contributed by atoms with Gasteiger partial charge in [0.1, 0.15) is 12.2 Å². The van der Waals surface area contributed by atoms with Crippen molar-refractivity contribution >= 4 is 44.3 Å². The van der Waals surface area contributed by atoms with E-state index in [1.807, 2.05) is 0 Å². The molecule has 47 heavy (non-hydrogen) atoms. The number of hydrogen-bond acceptors (Lipinski definition) is 3. The number of para-hydroxylation sites is 2. The van der Waals surface area contributed by atoms with Gasteiger partial charge in [-0.1, -0.05) is 109 Å². The summed E-state index contributed by atoms with van der Waals surface area (Å²) in [6.45, 7) is 0. The largest absolute Gasteiger partial charge is 0.358 e. The Labute approximate surface area is 275 Å². The molecule has 0 saturated carbocycles. The number of rotatable bonds is 7. The third-order valence-electron chi connectivity index (χ3n) is 9.58. The lowest BCUT2D eigenvalue weighted by Crippen LogP contribution is -2.24. The Kier molecular flexibility index (Phi) is 6.84. The highest BCUT2D eigenvalue weighted by Gasteiger charge is 2.49. The van der Waals surface area contributed by atoms with Crippen molar-refractivity contribution in [3.63, 3.8) is 0 Å². The van der Waals surface area contributed by atoms with E-state index in [0.717, 1.165) is 24.2 Å². The molecule has 1 saturated heterocycles. The van der Waals surface area contributed by atoms with Crippen LogP contribution in [0, 0.1) is 0 Å². The van der Waals surface area contributed by atoms with Gasteiger partial charge in [-0.2, -0.15) is 0 Å². The van der Waals surface area contributed by atoms with Crippen molar-refractivity contribution in [3.8, 4) is 0 Å². The third kappa shape index (κ3) is 5.15. The topological polar surface area (TPSA) is 19.0 Å². The zero-order valence-corrected chi connectivity index (χ0v) is 26.0. The van der Waals surface area contributed by atoms with Crippen LogP contribution in [-0.2, 0) is 4.74 Å². The van der Waals surface area contributed by atoms with Gasteiger partial charge in [-0.25, -0.2) is 0 Å². The van der Waals surface area contributed by atoms with Crippen molar-refractivity contribution in [3.05, 3.63) is 192 Å². The highest BCUT2D eigenvalue weighted by Crippen LogP contribution is 2.47. The van der Waals surface area contributed by atoms with Gasteiger partial charge in [-0.05, 0) is 106 Å². The fraction of sp³-hybridized carbons (Fsp3) is 0.0909. The number of ether oxygens (including phenoxy) is 1. The first kappa shape index (κ1) is 27.7. The minimum Gasteiger partial charge on any atom is -0.358 e.